The van der Waals surface area contributed by atoms with Gasteiger partial charge in [-0.2, -0.15) is 4.98 Å². The van der Waals surface area contributed by atoms with Crippen LogP contribution in [0.2, 0.25) is 0 Å². The van der Waals surface area contributed by atoms with Crippen LogP contribution in [-0.4, -0.2) is 56.6 Å². The minimum atomic E-state index is -0.189. The molecule has 2 amide bonds. The summed E-state index contributed by atoms with van der Waals surface area (Å²) in [6.45, 7) is 3.10. The number of ether oxygens (including phenoxy) is 3. The fourth-order valence-electron chi connectivity index (χ4n) is 4.71. The first-order valence-electron chi connectivity index (χ1n) is 12.3. The predicted molar refractivity (Wildman–Crippen MR) is 137 cm³/mol. The lowest BCUT2D eigenvalue weighted by molar-refractivity contribution is 0.121. The molecule has 2 heterocycles. The highest BCUT2D eigenvalue weighted by Gasteiger charge is 2.25. The molecule has 184 valence electrons. The third-order valence-corrected chi connectivity index (χ3v) is 6.66. The van der Waals surface area contributed by atoms with E-state index in [-0.39, 0.29) is 18.2 Å². The van der Waals surface area contributed by atoms with Crippen molar-refractivity contribution in [3.8, 4) is 11.6 Å². The van der Waals surface area contributed by atoms with Crippen LogP contribution < -0.4 is 25.0 Å². The molecule has 1 aromatic heterocycles. The summed E-state index contributed by atoms with van der Waals surface area (Å²) in [5, 5.41) is 8.14. The number of benzene rings is 2. The Bertz CT molecular complexity index is 1140. The Morgan fingerprint density at radius 2 is 1.77 bits per heavy atom. The van der Waals surface area contributed by atoms with Crippen LogP contribution in [0.5, 0.6) is 11.6 Å². The van der Waals surface area contributed by atoms with Gasteiger partial charge in [-0.25, -0.2) is 4.79 Å². The zero-order valence-electron chi connectivity index (χ0n) is 20.0. The van der Waals surface area contributed by atoms with Crippen molar-refractivity contribution in [1.82, 2.24) is 10.3 Å². The van der Waals surface area contributed by atoms with Gasteiger partial charge in [-0.1, -0.05) is 18.2 Å². The number of fused-ring (bicyclic) bond motifs is 1. The van der Waals surface area contributed by atoms with Crippen LogP contribution in [0.3, 0.4) is 0 Å². The van der Waals surface area contributed by atoms with Crippen LogP contribution >= 0.6 is 0 Å². The lowest BCUT2D eigenvalue weighted by atomic mass is 9.93. The number of hydrogen-bond donors (Lipinski definition) is 2. The van der Waals surface area contributed by atoms with E-state index < -0.39 is 0 Å². The third kappa shape index (κ3) is 5.77. The van der Waals surface area contributed by atoms with Crippen molar-refractivity contribution in [3.05, 3.63) is 54.6 Å². The Morgan fingerprint density at radius 3 is 2.51 bits per heavy atom. The van der Waals surface area contributed by atoms with E-state index >= 15 is 0 Å². The number of nitrogens with zero attached hydrogens (tertiary/aromatic N) is 2. The number of amides is 2. The van der Waals surface area contributed by atoms with Crippen LogP contribution in [0.4, 0.5) is 16.3 Å². The summed E-state index contributed by atoms with van der Waals surface area (Å²) in [5.74, 6) is 2.39. The Kier molecular flexibility index (Phi) is 7.18. The standard InChI is InChI=1S/C27H32N4O4/c1-33-22-10-6-20(7-11-22)28-27(32)29-21-8-12-23(13-9-21)35-26-24-5-3-2-4-19(24)18-25(30-26)31-14-16-34-17-15-31/h2-7,10-11,18,21,23H,8-9,12-17H2,1H3,(H2,28,29,32). The van der Waals surface area contributed by atoms with Gasteiger partial charge in [-0.15, -0.1) is 0 Å². The zero-order chi connectivity index (χ0) is 24.0. The molecule has 2 aromatic carbocycles. The maximum Gasteiger partial charge on any atom is 0.319 e. The summed E-state index contributed by atoms with van der Waals surface area (Å²) in [7, 11) is 1.62. The molecule has 0 radical (unpaired) electrons. The summed E-state index contributed by atoms with van der Waals surface area (Å²) in [6.07, 6.45) is 3.54. The van der Waals surface area contributed by atoms with Crippen LogP contribution in [0.25, 0.3) is 10.8 Å². The average molecular weight is 477 g/mol. The maximum atomic E-state index is 12.4. The zero-order valence-corrected chi connectivity index (χ0v) is 20.0. The van der Waals surface area contributed by atoms with Crippen molar-refractivity contribution in [2.75, 3.05) is 43.6 Å². The Morgan fingerprint density at radius 1 is 1.03 bits per heavy atom. The number of rotatable bonds is 6. The smallest absolute Gasteiger partial charge is 0.319 e. The molecule has 1 aliphatic heterocycles. The molecule has 1 aliphatic carbocycles. The predicted octanol–water partition coefficient (Wildman–Crippen LogP) is 4.59. The number of carbonyl (C=O) groups excluding carboxylic acids is 1. The van der Waals surface area contributed by atoms with Crippen LogP contribution in [0, 0.1) is 0 Å². The van der Waals surface area contributed by atoms with Gasteiger partial charge in [-0.3, -0.25) is 0 Å². The second-order valence-electron chi connectivity index (χ2n) is 9.02. The molecule has 0 unspecified atom stereocenters. The first-order chi connectivity index (χ1) is 17.2. The molecule has 1 saturated carbocycles. The van der Waals surface area contributed by atoms with E-state index in [1.165, 1.54) is 0 Å². The van der Waals surface area contributed by atoms with Crippen LogP contribution in [0.1, 0.15) is 25.7 Å². The van der Waals surface area contributed by atoms with Gasteiger partial charge < -0.3 is 29.7 Å². The lowest BCUT2D eigenvalue weighted by Gasteiger charge is -2.31. The molecule has 8 nitrogen and oxygen atoms in total. The van der Waals surface area contributed by atoms with E-state index in [1.54, 1.807) is 7.11 Å². The quantitative estimate of drug-likeness (QED) is 0.541. The average Bonchev–Trinajstić information content (AvgIpc) is 2.90. The van der Waals surface area contributed by atoms with E-state index in [2.05, 4.69) is 33.7 Å². The molecule has 35 heavy (non-hydrogen) atoms. The number of methoxy groups -OCH3 is 1. The fraction of sp³-hybridized carbons (Fsp3) is 0.407. The molecule has 2 N–H and O–H groups in total. The Balaban J connectivity index is 1.18. The minimum Gasteiger partial charge on any atom is -0.497 e. The van der Waals surface area contributed by atoms with Crippen molar-refractivity contribution in [2.24, 2.45) is 0 Å². The Labute approximate surface area is 205 Å². The molecule has 2 aliphatic rings. The number of nitrogens with one attached hydrogen (secondary N) is 2. The molecule has 1 saturated heterocycles. The van der Waals surface area contributed by atoms with E-state index in [0.29, 0.717) is 19.1 Å². The molecule has 0 bridgehead atoms. The van der Waals surface area contributed by atoms with Gasteiger partial charge in [0.2, 0.25) is 5.88 Å². The van der Waals surface area contributed by atoms with Gasteiger partial charge in [0.15, 0.2) is 0 Å². The van der Waals surface area contributed by atoms with E-state index in [9.17, 15) is 4.79 Å². The van der Waals surface area contributed by atoms with Crippen molar-refractivity contribution < 1.29 is 19.0 Å². The molecule has 8 heteroatoms. The van der Waals surface area contributed by atoms with Crippen LogP contribution in [0.15, 0.2) is 54.6 Å². The number of urea groups is 1. The second-order valence-corrected chi connectivity index (χ2v) is 9.02. The Hall–Kier alpha value is -3.52. The summed E-state index contributed by atoms with van der Waals surface area (Å²) >= 11 is 0. The van der Waals surface area contributed by atoms with E-state index in [1.807, 2.05) is 36.4 Å². The van der Waals surface area contributed by atoms with Crippen molar-refractivity contribution in [1.29, 1.82) is 0 Å². The van der Waals surface area contributed by atoms with Crippen molar-refractivity contribution in [2.45, 2.75) is 37.8 Å². The highest BCUT2D eigenvalue weighted by Crippen LogP contribution is 2.31. The molecule has 2 fully saturated rings. The van der Waals surface area contributed by atoms with Crippen molar-refractivity contribution >= 4 is 28.3 Å². The van der Waals surface area contributed by atoms with Gasteiger partial charge in [0.05, 0.1) is 20.3 Å². The largest absolute Gasteiger partial charge is 0.497 e. The van der Waals surface area contributed by atoms with Gasteiger partial charge in [0.25, 0.3) is 0 Å². The summed E-state index contributed by atoms with van der Waals surface area (Å²) < 4.78 is 17.1. The van der Waals surface area contributed by atoms with Crippen molar-refractivity contribution in [3.63, 3.8) is 0 Å². The topological polar surface area (TPSA) is 85.0 Å². The molecule has 0 spiro atoms. The fourth-order valence-corrected chi connectivity index (χ4v) is 4.71. The number of pyridine rings is 1. The van der Waals surface area contributed by atoms with Gasteiger partial charge in [0.1, 0.15) is 17.7 Å². The monoisotopic (exact) mass is 476 g/mol. The highest BCUT2D eigenvalue weighted by atomic mass is 16.5. The number of carbonyl (C=O) groups is 1. The molecule has 3 aromatic rings. The molecular formula is C27H32N4O4. The number of hydrogen-bond acceptors (Lipinski definition) is 6. The molecular weight excluding hydrogens is 444 g/mol. The molecule has 0 atom stereocenters. The summed E-state index contributed by atoms with van der Waals surface area (Å²) in [5.41, 5.74) is 0.735. The highest BCUT2D eigenvalue weighted by molar-refractivity contribution is 5.90. The molecule has 5 rings (SSSR count). The third-order valence-electron chi connectivity index (χ3n) is 6.66. The van der Waals surface area contributed by atoms with Crippen LogP contribution in [-0.2, 0) is 4.74 Å². The summed E-state index contributed by atoms with van der Waals surface area (Å²) in [6, 6.07) is 17.6. The maximum absolute atomic E-state index is 12.4. The number of aromatic nitrogens is 1. The number of anilines is 2. The SMILES string of the molecule is COc1ccc(NC(=O)NC2CCC(Oc3nc(N4CCOCC4)cc4ccccc34)CC2)cc1. The normalized spacial score (nSPS) is 20.3. The summed E-state index contributed by atoms with van der Waals surface area (Å²) in [4.78, 5) is 19.6. The van der Waals surface area contributed by atoms with Gasteiger partial charge >= 0.3 is 6.03 Å². The lowest BCUT2D eigenvalue weighted by Crippen LogP contribution is -2.41. The first-order valence-corrected chi connectivity index (χ1v) is 12.3. The first kappa shape index (κ1) is 23.2. The second kappa shape index (κ2) is 10.8. The van der Waals surface area contributed by atoms with E-state index in [0.717, 1.165) is 66.8 Å². The minimum absolute atomic E-state index is 0.0774. The van der Waals surface area contributed by atoms with Gasteiger partial charge in [-0.05, 0) is 67.5 Å². The van der Waals surface area contributed by atoms with E-state index in [4.69, 9.17) is 19.2 Å². The van der Waals surface area contributed by atoms with Gasteiger partial charge in [0, 0.05) is 30.2 Å². The number of morpholine rings is 1.